The summed E-state index contributed by atoms with van der Waals surface area (Å²) < 4.78 is 0. The molecule has 4 aromatic heterocycles. The summed E-state index contributed by atoms with van der Waals surface area (Å²) in [6, 6.07) is 36.9. The van der Waals surface area contributed by atoms with Crippen molar-refractivity contribution in [1.29, 1.82) is 0 Å². The lowest BCUT2D eigenvalue weighted by atomic mass is 10.1. The minimum absolute atomic E-state index is 1.28. The molecule has 0 spiro atoms. The van der Waals surface area contributed by atoms with Crippen molar-refractivity contribution in [1.82, 2.24) is 0 Å². The number of hydrogen-bond acceptors (Lipinski definition) is 4. The molecule has 0 nitrogen and oxygen atoms in total. The van der Waals surface area contributed by atoms with E-state index in [0.29, 0.717) is 0 Å². The SMILES string of the molecule is c1ccc(-c2ccccc2)cc1.c1ccsc1.c1ccsc1.c1ccsc1.c1ccsc1. The molecule has 0 unspecified atom stereocenters. The summed E-state index contributed by atoms with van der Waals surface area (Å²) in [5.74, 6) is 0. The van der Waals surface area contributed by atoms with E-state index in [9.17, 15) is 0 Å². The van der Waals surface area contributed by atoms with Crippen molar-refractivity contribution < 1.29 is 0 Å². The van der Waals surface area contributed by atoms with Crippen molar-refractivity contribution in [3.63, 3.8) is 0 Å². The second kappa shape index (κ2) is 19.0. The molecule has 0 aliphatic heterocycles. The van der Waals surface area contributed by atoms with E-state index in [1.807, 2.05) is 104 Å². The predicted octanol–water partition coefficient (Wildman–Crippen LogP) is 10.3. The Bertz CT molecular complexity index is 822. The minimum Gasteiger partial charge on any atom is -0.152 e. The highest BCUT2D eigenvalue weighted by Gasteiger charge is 1.91. The number of rotatable bonds is 1. The number of hydrogen-bond donors (Lipinski definition) is 0. The van der Waals surface area contributed by atoms with E-state index in [1.54, 1.807) is 45.3 Å². The Kier molecular flexibility index (Phi) is 15.1. The van der Waals surface area contributed by atoms with Crippen LogP contribution in [0.3, 0.4) is 0 Å². The molecule has 6 rings (SSSR count). The highest BCUT2D eigenvalue weighted by Crippen LogP contribution is 2.17. The molecule has 32 heavy (non-hydrogen) atoms. The van der Waals surface area contributed by atoms with Gasteiger partial charge in [-0.3, -0.25) is 0 Å². The van der Waals surface area contributed by atoms with Crippen LogP contribution in [0.5, 0.6) is 0 Å². The molecular formula is C28H26S4. The van der Waals surface area contributed by atoms with E-state index in [1.165, 1.54) is 11.1 Å². The van der Waals surface area contributed by atoms with Crippen molar-refractivity contribution in [2.45, 2.75) is 0 Å². The van der Waals surface area contributed by atoms with Crippen molar-refractivity contribution in [3.8, 4) is 11.1 Å². The van der Waals surface area contributed by atoms with E-state index in [-0.39, 0.29) is 0 Å². The third-order valence-corrected chi connectivity index (χ3v) is 6.10. The van der Waals surface area contributed by atoms with Gasteiger partial charge >= 0.3 is 0 Å². The van der Waals surface area contributed by atoms with Crippen LogP contribution in [0.25, 0.3) is 11.1 Å². The molecular weight excluding hydrogens is 465 g/mol. The van der Waals surface area contributed by atoms with Crippen LogP contribution in [0.1, 0.15) is 0 Å². The summed E-state index contributed by atoms with van der Waals surface area (Å²) in [5.41, 5.74) is 2.55. The predicted molar refractivity (Wildman–Crippen MR) is 149 cm³/mol. The molecule has 0 aliphatic rings. The quantitative estimate of drug-likeness (QED) is 0.215. The Morgan fingerprint density at radius 1 is 0.250 bits per heavy atom. The van der Waals surface area contributed by atoms with Crippen LogP contribution in [0, 0.1) is 0 Å². The maximum Gasteiger partial charge on any atom is -0.00934 e. The fourth-order valence-corrected chi connectivity index (χ4v) is 3.98. The summed E-state index contributed by atoms with van der Waals surface area (Å²) in [5, 5.41) is 16.3. The second-order valence-electron chi connectivity index (χ2n) is 5.90. The van der Waals surface area contributed by atoms with Gasteiger partial charge in [0.1, 0.15) is 0 Å². The Labute approximate surface area is 207 Å². The average Bonchev–Trinajstić information content (AvgIpc) is 3.70. The van der Waals surface area contributed by atoms with Crippen LogP contribution < -0.4 is 0 Å². The summed E-state index contributed by atoms with van der Waals surface area (Å²) >= 11 is 6.85. The van der Waals surface area contributed by atoms with Gasteiger partial charge in [-0.05, 0) is 54.2 Å². The van der Waals surface area contributed by atoms with Gasteiger partial charge in [0, 0.05) is 0 Å². The van der Waals surface area contributed by atoms with Crippen LogP contribution >= 0.6 is 45.3 Å². The molecule has 0 aliphatic carbocycles. The lowest BCUT2D eigenvalue weighted by Crippen LogP contribution is -1.73. The van der Waals surface area contributed by atoms with Gasteiger partial charge in [0.25, 0.3) is 0 Å². The Morgan fingerprint density at radius 2 is 0.469 bits per heavy atom. The number of thiophene rings is 4. The summed E-state index contributed by atoms with van der Waals surface area (Å²) in [7, 11) is 0. The molecule has 0 saturated heterocycles. The third-order valence-electron chi connectivity index (χ3n) is 3.58. The van der Waals surface area contributed by atoms with Crippen molar-refractivity contribution in [3.05, 3.63) is 152 Å². The molecule has 0 fully saturated rings. The lowest BCUT2D eigenvalue weighted by molar-refractivity contribution is 1.62. The molecule has 0 saturated carbocycles. The van der Waals surface area contributed by atoms with Gasteiger partial charge in [0.05, 0.1) is 0 Å². The van der Waals surface area contributed by atoms with Gasteiger partial charge in [-0.2, -0.15) is 45.3 Å². The smallest absolute Gasteiger partial charge is 0.00934 e. The van der Waals surface area contributed by atoms with Crippen molar-refractivity contribution >= 4 is 45.3 Å². The van der Waals surface area contributed by atoms with E-state index in [4.69, 9.17) is 0 Å². The maximum atomic E-state index is 2.12. The van der Waals surface area contributed by atoms with E-state index in [0.717, 1.165) is 0 Å². The molecule has 4 heterocycles. The second-order valence-corrected chi connectivity index (χ2v) is 9.17. The maximum absolute atomic E-state index is 2.12. The first-order valence-electron chi connectivity index (χ1n) is 9.96. The molecule has 2 aromatic carbocycles. The zero-order valence-electron chi connectivity index (χ0n) is 17.6. The van der Waals surface area contributed by atoms with E-state index in [2.05, 4.69) is 48.5 Å². The van der Waals surface area contributed by atoms with Gasteiger partial charge in [-0.25, -0.2) is 0 Å². The largest absolute Gasteiger partial charge is 0.152 e. The van der Waals surface area contributed by atoms with Gasteiger partial charge in [0.15, 0.2) is 0 Å². The Morgan fingerprint density at radius 3 is 0.625 bits per heavy atom. The third kappa shape index (κ3) is 13.5. The van der Waals surface area contributed by atoms with Crippen molar-refractivity contribution in [2.24, 2.45) is 0 Å². The topological polar surface area (TPSA) is 0 Å². The molecule has 0 amide bonds. The van der Waals surface area contributed by atoms with Gasteiger partial charge in [-0.15, -0.1) is 0 Å². The van der Waals surface area contributed by atoms with Gasteiger partial charge in [-0.1, -0.05) is 109 Å². The fourth-order valence-electron chi connectivity index (χ4n) is 2.17. The minimum atomic E-state index is 1.28. The van der Waals surface area contributed by atoms with E-state index < -0.39 is 0 Å². The van der Waals surface area contributed by atoms with Crippen LogP contribution in [0.15, 0.2) is 152 Å². The molecule has 162 valence electrons. The van der Waals surface area contributed by atoms with Gasteiger partial charge < -0.3 is 0 Å². The molecule has 0 radical (unpaired) electrons. The average molecular weight is 491 g/mol. The molecule has 0 atom stereocenters. The normalized spacial score (nSPS) is 8.62. The summed E-state index contributed by atoms with van der Waals surface area (Å²) in [4.78, 5) is 0. The number of benzene rings is 2. The van der Waals surface area contributed by atoms with Crippen molar-refractivity contribution in [2.75, 3.05) is 0 Å². The van der Waals surface area contributed by atoms with Gasteiger partial charge in [0.2, 0.25) is 0 Å². The Balaban J connectivity index is 0.000000153. The first-order chi connectivity index (χ1) is 16.0. The monoisotopic (exact) mass is 490 g/mol. The fraction of sp³-hybridized carbons (Fsp3) is 0. The standard InChI is InChI=1S/C12H10.4C4H4S/c1-3-7-11(8-4-1)12-9-5-2-6-10-12;4*1-2-4-5-3-1/h1-10H;4*1-4H. The first-order valence-corrected chi connectivity index (χ1v) is 13.7. The van der Waals surface area contributed by atoms with Crippen LogP contribution in [0.2, 0.25) is 0 Å². The summed E-state index contributed by atoms with van der Waals surface area (Å²) in [6.07, 6.45) is 0. The molecule has 0 N–H and O–H groups in total. The van der Waals surface area contributed by atoms with Crippen LogP contribution in [-0.4, -0.2) is 0 Å². The summed E-state index contributed by atoms with van der Waals surface area (Å²) in [6.45, 7) is 0. The zero-order valence-corrected chi connectivity index (χ0v) is 20.9. The molecule has 0 bridgehead atoms. The highest BCUT2D eigenvalue weighted by atomic mass is 32.1. The highest BCUT2D eigenvalue weighted by molar-refractivity contribution is 7.08. The van der Waals surface area contributed by atoms with Crippen LogP contribution in [0.4, 0.5) is 0 Å². The van der Waals surface area contributed by atoms with Crippen LogP contribution in [-0.2, 0) is 0 Å². The molecule has 4 heteroatoms. The van der Waals surface area contributed by atoms with E-state index >= 15 is 0 Å². The first kappa shape index (κ1) is 25.5. The Hall–Kier alpha value is -2.76. The zero-order chi connectivity index (χ0) is 22.4. The lowest BCUT2D eigenvalue weighted by Gasteiger charge is -1.98. The molecule has 6 aromatic rings.